The van der Waals surface area contributed by atoms with Gasteiger partial charge in [-0.2, -0.15) is 0 Å². The molecule has 2 fully saturated rings. The Morgan fingerprint density at radius 3 is 2.15 bits per heavy atom. The van der Waals surface area contributed by atoms with E-state index in [1.54, 1.807) is 0 Å². The molecule has 0 aromatic carbocycles. The van der Waals surface area contributed by atoms with Gasteiger partial charge in [0.05, 0.1) is 5.41 Å². The lowest BCUT2D eigenvalue weighted by Crippen LogP contribution is -2.42. The maximum absolute atomic E-state index is 12.2. The van der Waals surface area contributed by atoms with Crippen LogP contribution in [0.25, 0.3) is 0 Å². The Morgan fingerprint density at radius 1 is 1.10 bits per heavy atom. The number of carboxylic acid groups (broad SMARTS) is 1. The van der Waals surface area contributed by atoms with Gasteiger partial charge in [-0.1, -0.05) is 26.7 Å². The predicted octanol–water partition coefficient (Wildman–Crippen LogP) is 3.11. The van der Waals surface area contributed by atoms with Crippen LogP contribution in [-0.4, -0.2) is 23.0 Å². The molecule has 1 amide bonds. The Bertz CT molecular complexity index is 373. The Kier molecular flexibility index (Phi) is 4.40. The van der Waals surface area contributed by atoms with Crippen LogP contribution in [0.5, 0.6) is 0 Å². The maximum atomic E-state index is 12.2. The molecule has 4 heteroatoms. The molecule has 0 aliphatic heterocycles. The number of amides is 1. The molecule has 4 nitrogen and oxygen atoms in total. The van der Waals surface area contributed by atoms with Crippen molar-refractivity contribution in [3.8, 4) is 0 Å². The SMILES string of the molecule is CC1(C)CCC(NC(=O)CC2(C(=O)O)CCCC2)CC1. The highest BCUT2D eigenvalue weighted by molar-refractivity contribution is 5.85. The number of carbonyl (C=O) groups is 2. The summed E-state index contributed by atoms with van der Waals surface area (Å²) in [7, 11) is 0. The van der Waals surface area contributed by atoms with Gasteiger partial charge in [-0.15, -0.1) is 0 Å². The Labute approximate surface area is 121 Å². The van der Waals surface area contributed by atoms with Crippen LogP contribution in [0.3, 0.4) is 0 Å². The number of nitrogens with one attached hydrogen (secondary N) is 1. The van der Waals surface area contributed by atoms with E-state index in [2.05, 4.69) is 19.2 Å². The summed E-state index contributed by atoms with van der Waals surface area (Å²) in [5.74, 6) is -0.867. The summed E-state index contributed by atoms with van der Waals surface area (Å²) in [4.78, 5) is 23.6. The minimum Gasteiger partial charge on any atom is -0.481 e. The topological polar surface area (TPSA) is 66.4 Å². The number of carboxylic acids is 1. The van der Waals surface area contributed by atoms with Crippen molar-refractivity contribution in [3.05, 3.63) is 0 Å². The summed E-state index contributed by atoms with van der Waals surface area (Å²) in [6.07, 6.45) is 7.58. The van der Waals surface area contributed by atoms with Gasteiger partial charge in [0.2, 0.25) is 5.91 Å². The molecule has 0 unspecified atom stereocenters. The summed E-state index contributed by atoms with van der Waals surface area (Å²) in [6.45, 7) is 4.53. The van der Waals surface area contributed by atoms with Crippen LogP contribution < -0.4 is 5.32 Å². The third-order valence-corrected chi connectivity index (χ3v) is 5.22. The third-order valence-electron chi connectivity index (χ3n) is 5.22. The molecule has 0 heterocycles. The fourth-order valence-electron chi connectivity index (χ4n) is 3.65. The number of aliphatic carboxylic acids is 1. The Morgan fingerprint density at radius 2 is 1.65 bits per heavy atom. The van der Waals surface area contributed by atoms with Gasteiger partial charge in [0, 0.05) is 12.5 Å². The molecule has 0 saturated heterocycles. The van der Waals surface area contributed by atoms with E-state index in [0.29, 0.717) is 18.3 Å². The zero-order valence-corrected chi connectivity index (χ0v) is 12.7. The lowest BCUT2D eigenvalue weighted by Gasteiger charge is -2.35. The Hall–Kier alpha value is -1.06. The van der Waals surface area contributed by atoms with Crippen molar-refractivity contribution in [3.63, 3.8) is 0 Å². The first kappa shape index (κ1) is 15.3. The van der Waals surface area contributed by atoms with Gasteiger partial charge in [-0.05, 0) is 43.9 Å². The smallest absolute Gasteiger partial charge is 0.310 e. The van der Waals surface area contributed by atoms with E-state index in [4.69, 9.17) is 0 Å². The van der Waals surface area contributed by atoms with Crippen molar-refractivity contribution in [1.82, 2.24) is 5.32 Å². The van der Waals surface area contributed by atoms with Crippen LogP contribution in [0.1, 0.15) is 71.6 Å². The lowest BCUT2D eigenvalue weighted by atomic mass is 9.75. The molecular formula is C16H27NO3. The molecular weight excluding hydrogens is 254 g/mol. The summed E-state index contributed by atoms with van der Waals surface area (Å²) in [5.41, 5.74) is -0.410. The van der Waals surface area contributed by atoms with Crippen LogP contribution in [0, 0.1) is 10.8 Å². The molecule has 2 N–H and O–H groups in total. The second kappa shape index (κ2) is 5.74. The number of hydrogen-bond acceptors (Lipinski definition) is 2. The van der Waals surface area contributed by atoms with Crippen LogP contribution in [0.4, 0.5) is 0 Å². The van der Waals surface area contributed by atoms with Crippen molar-refractivity contribution >= 4 is 11.9 Å². The minimum atomic E-state index is -0.796. The summed E-state index contributed by atoms with van der Waals surface area (Å²) in [5, 5.41) is 12.5. The molecule has 2 aliphatic carbocycles. The first-order valence-electron chi connectivity index (χ1n) is 7.86. The van der Waals surface area contributed by atoms with Gasteiger partial charge >= 0.3 is 5.97 Å². The van der Waals surface area contributed by atoms with E-state index >= 15 is 0 Å². The molecule has 0 spiro atoms. The van der Waals surface area contributed by atoms with E-state index in [1.165, 1.54) is 0 Å². The van der Waals surface area contributed by atoms with Gasteiger partial charge in [0.1, 0.15) is 0 Å². The van der Waals surface area contributed by atoms with Gasteiger partial charge in [0.25, 0.3) is 0 Å². The first-order valence-corrected chi connectivity index (χ1v) is 7.86. The maximum Gasteiger partial charge on any atom is 0.310 e. The first-order chi connectivity index (χ1) is 9.33. The van der Waals surface area contributed by atoms with Gasteiger partial charge in [-0.25, -0.2) is 0 Å². The van der Waals surface area contributed by atoms with Crippen LogP contribution in [0.15, 0.2) is 0 Å². The molecule has 2 rings (SSSR count). The average molecular weight is 281 g/mol. The van der Waals surface area contributed by atoms with E-state index in [0.717, 1.165) is 38.5 Å². The highest BCUT2D eigenvalue weighted by Gasteiger charge is 2.43. The van der Waals surface area contributed by atoms with Gasteiger partial charge < -0.3 is 10.4 Å². The summed E-state index contributed by atoms with van der Waals surface area (Å²) in [6, 6.07) is 0.239. The zero-order chi connectivity index (χ0) is 14.8. The summed E-state index contributed by atoms with van der Waals surface area (Å²) < 4.78 is 0. The highest BCUT2D eigenvalue weighted by atomic mass is 16.4. The molecule has 20 heavy (non-hydrogen) atoms. The fraction of sp³-hybridized carbons (Fsp3) is 0.875. The molecule has 0 radical (unpaired) electrons. The zero-order valence-electron chi connectivity index (χ0n) is 12.7. The fourth-order valence-corrected chi connectivity index (χ4v) is 3.65. The van der Waals surface area contributed by atoms with E-state index in [-0.39, 0.29) is 18.4 Å². The van der Waals surface area contributed by atoms with E-state index < -0.39 is 11.4 Å². The molecule has 0 bridgehead atoms. The van der Waals surface area contributed by atoms with Crippen LogP contribution in [-0.2, 0) is 9.59 Å². The molecule has 2 aliphatic rings. The predicted molar refractivity (Wildman–Crippen MR) is 77.3 cm³/mol. The Balaban J connectivity index is 1.85. The van der Waals surface area contributed by atoms with E-state index in [1.807, 2.05) is 0 Å². The van der Waals surface area contributed by atoms with Crippen LogP contribution >= 0.6 is 0 Å². The molecule has 0 atom stereocenters. The van der Waals surface area contributed by atoms with Crippen molar-refractivity contribution < 1.29 is 14.7 Å². The number of hydrogen-bond donors (Lipinski definition) is 2. The van der Waals surface area contributed by atoms with Gasteiger partial charge in [0.15, 0.2) is 0 Å². The van der Waals surface area contributed by atoms with E-state index in [9.17, 15) is 14.7 Å². The lowest BCUT2D eigenvalue weighted by molar-refractivity contribution is -0.151. The second-order valence-electron chi connectivity index (χ2n) is 7.48. The van der Waals surface area contributed by atoms with Crippen molar-refractivity contribution in [1.29, 1.82) is 0 Å². The molecule has 2 saturated carbocycles. The van der Waals surface area contributed by atoms with Crippen LogP contribution in [0.2, 0.25) is 0 Å². The average Bonchev–Trinajstić information content (AvgIpc) is 2.82. The summed E-state index contributed by atoms with van der Waals surface area (Å²) >= 11 is 0. The normalized spacial score (nSPS) is 25.3. The largest absolute Gasteiger partial charge is 0.481 e. The number of carbonyl (C=O) groups excluding carboxylic acids is 1. The standard InChI is InChI=1S/C16H27NO3/c1-15(2)9-5-12(6-10-15)17-13(18)11-16(14(19)20)7-3-4-8-16/h12H,3-11H2,1-2H3,(H,17,18)(H,19,20). The molecule has 114 valence electrons. The van der Waals surface area contributed by atoms with Crippen molar-refractivity contribution in [2.75, 3.05) is 0 Å². The number of rotatable bonds is 4. The molecule has 0 aromatic heterocycles. The highest BCUT2D eigenvalue weighted by Crippen LogP contribution is 2.41. The van der Waals surface area contributed by atoms with Gasteiger partial charge in [-0.3, -0.25) is 9.59 Å². The third kappa shape index (κ3) is 3.53. The monoisotopic (exact) mass is 281 g/mol. The quantitative estimate of drug-likeness (QED) is 0.832. The minimum absolute atomic E-state index is 0.0704. The van der Waals surface area contributed by atoms with Crippen molar-refractivity contribution in [2.45, 2.75) is 77.7 Å². The second-order valence-corrected chi connectivity index (χ2v) is 7.48. The molecule has 0 aromatic rings. The van der Waals surface area contributed by atoms with Crippen molar-refractivity contribution in [2.24, 2.45) is 10.8 Å².